The van der Waals surface area contributed by atoms with E-state index in [0.717, 1.165) is 11.1 Å². The van der Waals surface area contributed by atoms with Gasteiger partial charge in [0.1, 0.15) is 28.6 Å². The van der Waals surface area contributed by atoms with E-state index in [1.807, 2.05) is 86.7 Å². The largest absolute Gasteiger partial charge is 0.382 e. The molecular weight excluding hydrogens is 386 g/mol. The lowest BCUT2D eigenvalue weighted by Gasteiger charge is -2.13. The Morgan fingerprint density at radius 2 is 1.52 bits per heavy atom. The third-order valence-corrected chi connectivity index (χ3v) is 4.79. The fourth-order valence-corrected chi connectivity index (χ4v) is 3.22. The molecule has 6 heteroatoms. The summed E-state index contributed by atoms with van der Waals surface area (Å²) in [6.45, 7) is 3.83. The van der Waals surface area contributed by atoms with Crippen molar-refractivity contribution in [3.05, 3.63) is 94.4 Å². The van der Waals surface area contributed by atoms with Crippen molar-refractivity contribution < 1.29 is 0 Å². The molecule has 0 aliphatic carbocycles. The molecule has 2 N–H and O–H groups in total. The van der Waals surface area contributed by atoms with E-state index >= 15 is 0 Å². The maximum Gasteiger partial charge on any atom is 0.267 e. The van der Waals surface area contributed by atoms with Gasteiger partial charge in [-0.3, -0.25) is 4.79 Å². The first-order valence-corrected chi connectivity index (χ1v) is 10.1. The molecule has 2 heterocycles. The van der Waals surface area contributed by atoms with Crippen LogP contribution in [-0.2, 0) is 0 Å². The Kier molecular flexibility index (Phi) is 5.71. The van der Waals surface area contributed by atoms with Crippen LogP contribution in [0.1, 0.15) is 31.1 Å². The lowest BCUT2D eigenvalue weighted by Crippen LogP contribution is -2.24. The molecule has 0 aliphatic heterocycles. The minimum atomic E-state index is -0.160. The molecule has 154 valence electrons. The van der Waals surface area contributed by atoms with E-state index in [-0.39, 0.29) is 11.6 Å². The Morgan fingerprint density at radius 3 is 2.19 bits per heavy atom. The van der Waals surface area contributed by atoms with E-state index in [0.29, 0.717) is 28.6 Å². The average Bonchev–Trinajstić information content (AvgIpc) is 2.79. The van der Waals surface area contributed by atoms with Gasteiger partial charge < -0.3 is 5.73 Å². The smallest absolute Gasteiger partial charge is 0.267 e. The topological polar surface area (TPSA) is 86.7 Å². The maximum absolute atomic E-state index is 12.2. The zero-order chi connectivity index (χ0) is 21.8. The van der Waals surface area contributed by atoms with Gasteiger partial charge in [0.05, 0.1) is 6.04 Å². The summed E-state index contributed by atoms with van der Waals surface area (Å²) in [5.74, 6) is 0.326. The van der Waals surface area contributed by atoms with Crippen LogP contribution in [0.2, 0.25) is 0 Å². The highest BCUT2D eigenvalue weighted by Gasteiger charge is 2.17. The first-order valence-electron chi connectivity index (χ1n) is 10.1. The van der Waals surface area contributed by atoms with E-state index in [2.05, 4.69) is 10.1 Å². The van der Waals surface area contributed by atoms with Crippen LogP contribution in [0.15, 0.2) is 77.6 Å². The summed E-state index contributed by atoms with van der Waals surface area (Å²) in [4.78, 5) is 21.7. The summed E-state index contributed by atoms with van der Waals surface area (Å²) in [7, 11) is 0. The molecule has 6 nitrogen and oxygen atoms in total. The molecule has 0 fully saturated rings. The third-order valence-electron chi connectivity index (χ3n) is 4.79. The number of nitrogen functional groups attached to an aromatic ring is 1. The van der Waals surface area contributed by atoms with Crippen LogP contribution in [0, 0.1) is 0 Å². The van der Waals surface area contributed by atoms with Crippen LogP contribution in [0.4, 0.5) is 5.82 Å². The number of rotatable bonds is 5. The number of nitrogens with two attached hydrogens (primary N) is 1. The van der Waals surface area contributed by atoms with Gasteiger partial charge in [0.15, 0.2) is 0 Å². The Morgan fingerprint density at radius 1 is 0.839 bits per heavy atom. The summed E-state index contributed by atoms with van der Waals surface area (Å²) in [5.41, 5.74) is 10.3. The van der Waals surface area contributed by atoms with Crippen LogP contribution >= 0.6 is 0 Å². The third kappa shape index (κ3) is 4.43. The SMILES string of the molecule is CC(C)n1nc(-c2nc(/C=C/c3ccccc3)c(N)nc2-c2ccccc2)ccc1=O. The standard InChI is InChI=1S/C25H23N5O/c1-17(2)30-22(31)16-15-20(29-30)24-23(19-11-7-4-8-12-19)28-25(26)21(27-24)14-13-18-9-5-3-6-10-18/h3-17H,1-2H3,(H2,26,28)/b14-13+. The average molecular weight is 409 g/mol. The van der Waals surface area contributed by atoms with Crippen LogP contribution < -0.4 is 11.3 Å². The Hall–Kier alpha value is -4.06. The molecule has 0 atom stereocenters. The fraction of sp³-hybridized carbons (Fsp3) is 0.120. The van der Waals surface area contributed by atoms with Gasteiger partial charge in [-0.2, -0.15) is 5.10 Å². The molecule has 31 heavy (non-hydrogen) atoms. The van der Waals surface area contributed by atoms with Gasteiger partial charge in [-0.1, -0.05) is 66.7 Å². The van der Waals surface area contributed by atoms with Gasteiger partial charge in [0.2, 0.25) is 0 Å². The second-order valence-electron chi connectivity index (χ2n) is 7.40. The Balaban J connectivity index is 1.89. The quantitative estimate of drug-likeness (QED) is 0.516. The number of anilines is 1. The second kappa shape index (κ2) is 8.75. The number of benzene rings is 2. The monoisotopic (exact) mass is 409 g/mol. The molecule has 2 aromatic carbocycles. The van der Waals surface area contributed by atoms with E-state index in [9.17, 15) is 4.79 Å². The van der Waals surface area contributed by atoms with Gasteiger partial charge >= 0.3 is 0 Å². The normalized spacial score (nSPS) is 11.3. The van der Waals surface area contributed by atoms with E-state index in [1.165, 1.54) is 10.7 Å². The maximum atomic E-state index is 12.2. The summed E-state index contributed by atoms with van der Waals surface area (Å²) >= 11 is 0. The Bertz CT molecular complexity index is 1280. The van der Waals surface area contributed by atoms with Gasteiger partial charge in [-0.15, -0.1) is 0 Å². The first kappa shape index (κ1) is 20.2. The molecule has 0 amide bonds. The van der Waals surface area contributed by atoms with Crippen molar-refractivity contribution in [1.82, 2.24) is 19.7 Å². The van der Waals surface area contributed by atoms with Crippen LogP contribution in [0.5, 0.6) is 0 Å². The highest BCUT2D eigenvalue weighted by atomic mass is 16.1. The molecular formula is C25H23N5O. The van der Waals surface area contributed by atoms with Gasteiger partial charge in [-0.25, -0.2) is 14.6 Å². The molecule has 0 aliphatic rings. The number of hydrogen-bond donors (Lipinski definition) is 1. The van der Waals surface area contributed by atoms with Crippen LogP contribution in [0.25, 0.3) is 34.8 Å². The zero-order valence-corrected chi connectivity index (χ0v) is 17.4. The molecule has 4 rings (SSSR count). The van der Waals surface area contributed by atoms with Crippen molar-refractivity contribution in [3.8, 4) is 22.6 Å². The van der Waals surface area contributed by atoms with Crippen molar-refractivity contribution in [2.45, 2.75) is 19.9 Å². The molecule has 0 saturated carbocycles. The highest BCUT2D eigenvalue weighted by Crippen LogP contribution is 2.30. The zero-order valence-electron chi connectivity index (χ0n) is 17.4. The predicted molar refractivity (Wildman–Crippen MR) is 125 cm³/mol. The van der Waals surface area contributed by atoms with Crippen molar-refractivity contribution in [3.63, 3.8) is 0 Å². The van der Waals surface area contributed by atoms with E-state index in [1.54, 1.807) is 6.07 Å². The lowest BCUT2D eigenvalue weighted by atomic mass is 10.1. The van der Waals surface area contributed by atoms with Crippen molar-refractivity contribution in [2.24, 2.45) is 0 Å². The summed E-state index contributed by atoms with van der Waals surface area (Å²) in [6.07, 6.45) is 3.78. The van der Waals surface area contributed by atoms with Gasteiger partial charge in [-0.05, 0) is 31.6 Å². The molecule has 0 radical (unpaired) electrons. The van der Waals surface area contributed by atoms with E-state index in [4.69, 9.17) is 10.7 Å². The minimum Gasteiger partial charge on any atom is -0.382 e. The summed E-state index contributed by atoms with van der Waals surface area (Å²) < 4.78 is 1.45. The van der Waals surface area contributed by atoms with Crippen molar-refractivity contribution in [2.75, 3.05) is 5.73 Å². The number of nitrogens with zero attached hydrogens (tertiary/aromatic N) is 4. The highest BCUT2D eigenvalue weighted by molar-refractivity contribution is 5.81. The van der Waals surface area contributed by atoms with E-state index < -0.39 is 0 Å². The molecule has 0 saturated heterocycles. The molecule has 2 aromatic heterocycles. The number of aromatic nitrogens is 4. The van der Waals surface area contributed by atoms with Crippen molar-refractivity contribution >= 4 is 18.0 Å². The fourth-order valence-electron chi connectivity index (χ4n) is 3.22. The van der Waals surface area contributed by atoms with Crippen molar-refractivity contribution in [1.29, 1.82) is 0 Å². The molecule has 0 unspecified atom stereocenters. The summed E-state index contributed by atoms with van der Waals surface area (Å²) in [5, 5.41) is 4.55. The summed E-state index contributed by atoms with van der Waals surface area (Å²) in [6, 6.07) is 22.7. The Labute approximate surface area is 180 Å². The van der Waals surface area contributed by atoms with Crippen LogP contribution in [-0.4, -0.2) is 19.7 Å². The second-order valence-corrected chi connectivity index (χ2v) is 7.40. The minimum absolute atomic E-state index is 0.0770. The van der Waals surface area contributed by atoms with Crippen LogP contribution in [0.3, 0.4) is 0 Å². The first-order chi connectivity index (χ1) is 15.0. The molecule has 0 spiro atoms. The molecule has 4 aromatic rings. The number of hydrogen-bond acceptors (Lipinski definition) is 5. The lowest BCUT2D eigenvalue weighted by molar-refractivity contribution is 0.504. The predicted octanol–water partition coefficient (Wildman–Crippen LogP) is 4.70. The van der Waals surface area contributed by atoms with Gasteiger partial charge in [0.25, 0.3) is 5.56 Å². The molecule has 0 bridgehead atoms. The van der Waals surface area contributed by atoms with Gasteiger partial charge in [0, 0.05) is 11.6 Å².